The van der Waals surface area contributed by atoms with Crippen molar-refractivity contribution in [2.24, 2.45) is 0 Å². The second-order valence-corrected chi connectivity index (χ2v) is 26.9. The molecule has 0 rings (SSSR count). The van der Waals surface area contributed by atoms with E-state index in [0.29, 0.717) is 17.4 Å². The lowest BCUT2D eigenvalue weighted by Gasteiger charge is -2.26. The van der Waals surface area contributed by atoms with Crippen molar-refractivity contribution in [2.45, 2.75) is 296 Å². The average molecular weight is 1390 g/mol. The number of nitrogens with zero attached hydrogens (tertiary/aromatic N) is 1. The van der Waals surface area contributed by atoms with Crippen molar-refractivity contribution in [3.05, 3.63) is 219 Å². The molecule has 9 heteroatoms. The van der Waals surface area contributed by atoms with Gasteiger partial charge in [0.2, 0.25) is 0 Å². The van der Waals surface area contributed by atoms with E-state index in [4.69, 9.17) is 18.9 Å². The smallest absolute Gasteiger partial charge is 0.306 e. The summed E-state index contributed by atoms with van der Waals surface area (Å²) in [6.07, 6.45) is 122. The van der Waals surface area contributed by atoms with E-state index in [1.807, 2.05) is 21.1 Å². The fraction of sp³-hybridized carbons (Fsp3) is 0.576. The van der Waals surface area contributed by atoms with Gasteiger partial charge in [-0.25, -0.2) is 0 Å². The summed E-state index contributed by atoms with van der Waals surface area (Å²) < 4.78 is 22.8. The fourth-order valence-electron chi connectivity index (χ4n) is 10.2. The maximum atomic E-state index is 13.0. The van der Waals surface area contributed by atoms with Crippen molar-refractivity contribution < 1.29 is 42.9 Å². The highest BCUT2D eigenvalue weighted by molar-refractivity contribution is 5.70. The fourth-order valence-corrected chi connectivity index (χ4v) is 10.2. The van der Waals surface area contributed by atoms with Gasteiger partial charge in [-0.3, -0.25) is 9.59 Å². The number of hydrogen-bond acceptors (Lipinski definition) is 8. The number of allylic oxidation sites excluding steroid dienone is 36. The summed E-state index contributed by atoms with van der Waals surface area (Å²) in [5.41, 5.74) is 0. The molecule has 566 valence electrons. The second-order valence-electron chi connectivity index (χ2n) is 26.9. The minimum absolute atomic E-state index is 0.132. The Morgan fingerprint density at radius 2 is 0.535 bits per heavy atom. The van der Waals surface area contributed by atoms with Gasteiger partial charge >= 0.3 is 11.9 Å². The van der Waals surface area contributed by atoms with E-state index in [1.54, 1.807) is 0 Å². The Morgan fingerprint density at radius 1 is 0.297 bits per heavy atom. The number of quaternary nitrogens is 1. The Hall–Kier alpha value is -6.39. The van der Waals surface area contributed by atoms with Gasteiger partial charge in [0.05, 0.1) is 40.3 Å². The van der Waals surface area contributed by atoms with Crippen LogP contribution in [0.15, 0.2) is 219 Å². The van der Waals surface area contributed by atoms with Gasteiger partial charge in [0.1, 0.15) is 13.2 Å². The highest BCUT2D eigenvalue weighted by Gasteiger charge is 2.22. The highest BCUT2D eigenvalue weighted by Crippen LogP contribution is 2.16. The minimum atomic E-state index is -1.64. The summed E-state index contributed by atoms with van der Waals surface area (Å²) in [5.74, 6) is -2.33. The van der Waals surface area contributed by atoms with E-state index in [2.05, 4.69) is 233 Å². The number of carbonyl (C=O) groups excluding carboxylic acids is 3. The topological polar surface area (TPSA) is 111 Å². The number of hydrogen-bond donors (Lipinski definition) is 0. The zero-order valence-corrected chi connectivity index (χ0v) is 64.7. The summed E-state index contributed by atoms with van der Waals surface area (Å²) in [6.45, 7) is 4.47. The molecule has 0 radical (unpaired) electrons. The molecule has 0 aliphatic carbocycles. The molecule has 101 heavy (non-hydrogen) atoms. The van der Waals surface area contributed by atoms with Crippen LogP contribution in [-0.4, -0.2) is 82.3 Å². The molecular formula is C92H145NO8. The minimum Gasteiger partial charge on any atom is -0.545 e. The maximum absolute atomic E-state index is 13.0. The van der Waals surface area contributed by atoms with Crippen LogP contribution in [-0.2, 0) is 33.3 Å². The number of carboxylic acids is 1. The number of ether oxygens (including phenoxy) is 4. The van der Waals surface area contributed by atoms with Crippen LogP contribution in [0.1, 0.15) is 284 Å². The lowest BCUT2D eigenvalue weighted by Crippen LogP contribution is -2.44. The van der Waals surface area contributed by atoms with E-state index in [0.717, 1.165) is 161 Å². The van der Waals surface area contributed by atoms with Crippen LogP contribution < -0.4 is 5.11 Å². The van der Waals surface area contributed by atoms with Crippen molar-refractivity contribution in [2.75, 3.05) is 47.5 Å². The van der Waals surface area contributed by atoms with Crippen LogP contribution in [0.5, 0.6) is 0 Å². The molecule has 2 atom stereocenters. The standard InChI is InChI=1S/C92H145NO8/c1-6-8-10-12-14-16-18-20-22-24-26-28-30-32-34-36-38-40-42-43-44-45-46-47-49-50-52-54-56-58-60-62-64-66-68-70-72-74-76-78-80-82-89(94)99-86-88(87-100-92(91(96)97)98-85-84-93(3,4)5)101-90(95)83-81-79-77-75-73-71-69-67-65-63-61-59-57-55-53-51-48-41-39-37-35-33-31-29-27-25-23-21-19-17-15-13-11-9-7-2/h8-11,14-17,20-23,26-29,32-35,38-41,43-44,46-47,51,53,57,59,63,65,69,71,88,92H,6-7,12-13,18-19,24-25,30-31,36-37,42,45,48-50,52,54-56,58,60-62,64,66-68,70,72-87H2,1-5H3/b10-8-,11-9-,16-14-,17-15-,22-20-,23-21-,28-26-,29-27-,34-32-,35-33-,40-38-,41-39-,44-43-,47-46-,53-51-,59-57-,65-63-,71-69-. The molecule has 0 N–H and O–H groups in total. The van der Waals surface area contributed by atoms with E-state index in [1.165, 1.54) is 89.9 Å². The number of carbonyl (C=O) groups is 3. The first kappa shape index (κ1) is 94.6. The molecular weight excluding hydrogens is 1250 g/mol. The van der Waals surface area contributed by atoms with Crippen LogP contribution >= 0.6 is 0 Å². The molecule has 0 aliphatic rings. The van der Waals surface area contributed by atoms with Gasteiger partial charge in [-0.2, -0.15) is 0 Å². The predicted molar refractivity (Wildman–Crippen MR) is 434 cm³/mol. The third-order valence-electron chi connectivity index (χ3n) is 16.2. The first-order chi connectivity index (χ1) is 49.6. The molecule has 2 unspecified atom stereocenters. The van der Waals surface area contributed by atoms with E-state index >= 15 is 0 Å². The first-order valence-corrected chi connectivity index (χ1v) is 39.9. The molecule has 0 saturated heterocycles. The zero-order valence-electron chi connectivity index (χ0n) is 64.7. The van der Waals surface area contributed by atoms with E-state index in [-0.39, 0.29) is 38.6 Å². The van der Waals surface area contributed by atoms with E-state index < -0.39 is 24.3 Å². The maximum Gasteiger partial charge on any atom is 0.306 e. The second kappa shape index (κ2) is 79.3. The Bertz CT molecular complexity index is 2470. The van der Waals surface area contributed by atoms with Crippen molar-refractivity contribution in [3.63, 3.8) is 0 Å². The van der Waals surface area contributed by atoms with Gasteiger partial charge in [-0.1, -0.05) is 335 Å². The van der Waals surface area contributed by atoms with Crippen LogP contribution in [0, 0.1) is 0 Å². The predicted octanol–water partition coefficient (Wildman–Crippen LogP) is 24.7. The summed E-state index contributed by atoms with van der Waals surface area (Å²) >= 11 is 0. The highest BCUT2D eigenvalue weighted by atomic mass is 16.7. The van der Waals surface area contributed by atoms with Gasteiger partial charge < -0.3 is 33.3 Å². The van der Waals surface area contributed by atoms with Gasteiger partial charge in [0, 0.05) is 12.8 Å². The summed E-state index contributed by atoms with van der Waals surface area (Å²) in [5, 5.41) is 11.9. The van der Waals surface area contributed by atoms with Gasteiger partial charge in [0.15, 0.2) is 12.4 Å². The molecule has 9 nitrogen and oxygen atoms in total. The lowest BCUT2D eigenvalue weighted by molar-refractivity contribution is -0.870. The zero-order chi connectivity index (χ0) is 73.2. The molecule has 0 aromatic heterocycles. The number of carboxylic acid groups (broad SMARTS) is 1. The van der Waals surface area contributed by atoms with Crippen molar-refractivity contribution >= 4 is 17.9 Å². The number of unbranched alkanes of at least 4 members (excludes halogenated alkanes) is 20. The quantitative estimate of drug-likeness (QED) is 0.0195. The molecule has 0 heterocycles. The molecule has 0 aliphatic heterocycles. The SMILES string of the molecule is CC/C=C\C/C=C\C/C=C\C/C=C\C/C=C\C/C=C\C/C=C\C/C=C\C/C=C\C/C=C\CCCCCCC(=O)OC(COC(=O)CCCCCCCCCCCCCCCCCC/C=C\C/C=C\C/C=C\C/C=C\C/C=C\C/C=C\C/C=C\C/C=C\CC)COC(OCC[N+](C)(C)C)C(=O)[O-]. The van der Waals surface area contributed by atoms with Crippen molar-refractivity contribution in [1.82, 2.24) is 0 Å². The van der Waals surface area contributed by atoms with Gasteiger partial charge in [-0.05, 0) is 154 Å². The number of aliphatic carboxylic acids is 1. The van der Waals surface area contributed by atoms with Crippen LogP contribution in [0.2, 0.25) is 0 Å². The molecule has 0 bridgehead atoms. The third-order valence-corrected chi connectivity index (χ3v) is 16.2. The first-order valence-electron chi connectivity index (χ1n) is 39.9. The summed E-state index contributed by atoms with van der Waals surface area (Å²) in [7, 11) is 5.91. The summed E-state index contributed by atoms with van der Waals surface area (Å²) in [6, 6.07) is 0. The van der Waals surface area contributed by atoms with Gasteiger partial charge in [-0.15, -0.1) is 0 Å². The van der Waals surface area contributed by atoms with E-state index in [9.17, 15) is 19.5 Å². The molecule has 0 spiro atoms. The molecule has 0 saturated carbocycles. The summed E-state index contributed by atoms with van der Waals surface area (Å²) in [4.78, 5) is 37.6. The van der Waals surface area contributed by atoms with Gasteiger partial charge in [0.25, 0.3) is 0 Å². The van der Waals surface area contributed by atoms with Crippen LogP contribution in [0.25, 0.3) is 0 Å². The lowest BCUT2D eigenvalue weighted by atomic mass is 10.0. The average Bonchev–Trinajstić information content (AvgIpc) is 1.25. The Morgan fingerprint density at radius 3 is 0.792 bits per heavy atom. The molecule has 0 aromatic rings. The molecule has 0 aromatic carbocycles. The number of likely N-dealkylation sites (N-methyl/N-ethyl adjacent to an activating group) is 1. The third kappa shape index (κ3) is 80.8. The molecule has 0 fully saturated rings. The largest absolute Gasteiger partial charge is 0.545 e. The monoisotopic (exact) mass is 1390 g/mol. The Kier molecular flexibility index (Phi) is 74.3. The molecule has 0 amide bonds. The number of esters is 2. The normalized spacial score (nSPS) is 13.9. The van der Waals surface area contributed by atoms with Crippen LogP contribution in [0.3, 0.4) is 0 Å². The van der Waals surface area contributed by atoms with Crippen molar-refractivity contribution in [1.29, 1.82) is 0 Å². The Balaban J connectivity index is 4.15. The van der Waals surface area contributed by atoms with Crippen LogP contribution in [0.4, 0.5) is 0 Å². The van der Waals surface area contributed by atoms with Crippen molar-refractivity contribution in [3.8, 4) is 0 Å². The number of rotatable bonds is 71. The Labute approximate surface area is 619 Å².